The van der Waals surface area contributed by atoms with E-state index in [0.717, 1.165) is 5.69 Å². The molecule has 0 aliphatic carbocycles. The van der Waals surface area contributed by atoms with Crippen molar-refractivity contribution in [2.75, 3.05) is 0 Å². The van der Waals surface area contributed by atoms with Crippen molar-refractivity contribution >= 4 is 0 Å². The number of nitrogens with one attached hydrogen (secondary N) is 1. The molecule has 9 nitrogen and oxygen atoms in total. The van der Waals surface area contributed by atoms with Gasteiger partial charge in [0.15, 0.2) is 7.05 Å². The summed E-state index contributed by atoms with van der Waals surface area (Å²) in [5, 5.41) is 16.6. The Balaban J connectivity index is 2.02. The molecule has 130 valence electrons. The predicted molar refractivity (Wildman–Crippen MR) is 88.1 cm³/mol. The van der Waals surface area contributed by atoms with E-state index in [1.54, 1.807) is 18.7 Å². The minimum atomic E-state index is -0.742. The fourth-order valence-corrected chi connectivity index (χ4v) is 3.19. The number of hydrogen-bond donors (Lipinski definition) is 2. The molecule has 0 saturated heterocycles. The normalized spacial score (nSPS) is 16.1. The molecule has 2 aromatic heterocycles. The van der Waals surface area contributed by atoms with E-state index in [4.69, 9.17) is 15.0 Å². The first-order chi connectivity index (χ1) is 12.5. The van der Waals surface area contributed by atoms with E-state index in [0.29, 0.717) is 17.1 Å². The van der Waals surface area contributed by atoms with Gasteiger partial charge in [0.05, 0.1) is 16.9 Å². The molecule has 1 atom stereocenters. The molecule has 1 aromatic carbocycles. The topological polar surface area (TPSA) is 127 Å². The van der Waals surface area contributed by atoms with Crippen molar-refractivity contribution in [2.24, 2.45) is 12.8 Å². The Labute approximate surface area is 147 Å². The van der Waals surface area contributed by atoms with Crippen LogP contribution < -0.4 is 20.8 Å². The number of aromatic amines is 1. The number of H-pyrrole nitrogens is 1. The number of aryl methyl sites for hydroxylation is 2. The number of aromatic nitrogens is 4. The second kappa shape index (κ2) is 5.63. The van der Waals surface area contributed by atoms with Gasteiger partial charge in [-0.2, -0.15) is 10.4 Å². The number of ether oxygens (including phenoxy) is 1. The Morgan fingerprint density at radius 2 is 2.12 bits per heavy atom. The highest BCUT2D eigenvalue weighted by molar-refractivity contribution is 5.55. The summed E-state index contributed by atoms with van der Waals surface area (Å²) in [5.41, 5.74) is 7.78. The maximum Gasteiger partial charge on any atom is 0.430 e. The van der Waals surface area contributed by atoms with Crippen LogP contribution in [0.25, 0.3) is 5.69 Å². The Bertz CT molecular complexity index is 1130. The molecule has 0 fully saturated rings. The van der Waals surface area contributed by atoms with Gasteiger partial charge in [-0.15, -0.1) is 0 Å². The molecule has 9 heteroatoms. The minimum absolute atomic E-state index is 0.0670. The molecule has 0 bridgehead atoms. The summed E-state index contributed by atoms with van der Waals surface area (Å²) in [5.74, 6) is -0.438. The maximum atomic E-state index is 12.2. The predicted octanol–water partition coefficient (Wildman–Crippen LogP) is 0.505. The maximum absolute atomic E-state index is 12.2. The Kier molecular flexibility index (Phi) is 3.40. The molecule has 1 aliphatic rings. The van der Waals surface area contributed by atoms with E-state index in [2.05, 4.69) is 10.4 Å². The summed E-state index contributed by atoms with van der Waals surface area (Å²) in [7, 11) is 1.62. The molecule has 0 amide bonds. The zero-order chi connectivity index (χ0) is 18.4. The van der Waals surface area contributed by atoms with Crippen molar-refractivity contribution in [2.45, 2.75) is 12.8 Å². The van der Waals surface area contributed by atoms with Gasteiger partial charge < -0.3 is 10.5 Å². The average Bonchev–Trinajstić information content (AvgIpc) is 3.14. The fourth-order valence-electron chi connectivity index (χ4n) is 3.19. The van der Waals surface area contributed by atoms with Crippen LogP contribution in [-0.4, -0.2) is 15.1 Å². The van der Waals surface area contributed by atoms with Crippen LogP contribution in [0.4, 0.5) is 0 Å². The number of hydrogen-bond acceptors (Lipinski definition) is 6. The Hall–Kier alpha value is -3.80. The summed E-state index contributed by atoms with van der Waals surface area (Å²) in [6, 6.07) is 11.4. The molecule has 26 heavy (non-hydrogen) atoms. The zero-order valence-electron chi connectivity index (χ0n) is 14.1. The highest BCUT2D eigenvalue weighted by atomic mass is 16.5. The largest absolute Gasteiger partial charge is 0.430 e. The number of rotatable bonds is 2. The minimum Gasteiger partial charge on any atom is -0.422 e. The van der Waals surface area contributed by atoms with Crippen LogP contribution in [0.3, 0.4) is 0 Å². The molecule has 0 spiro atoms. The lowest BCUT2D eigenvalue weighted by molar-refractivity contribution is -0.746. The van der Waals surface area contributed by atoms with Crippen molar-refractivity contribution in [3.05, 3.63) is 69.2 Å². The van der Waals surface area contributed by atoms with Gasteiger partial charge in [-0.05, 0) is 24.3 Å². The molecule has 3 N–H and O–H groups in total. The van der Waals surface area contributed by atoms with E-state index >= 15 is 0 Å². The van der Waals surface area contributed by atoms with Gasteiger partial charge in [0.2, 0.25) is 11.8 Å². The number of para-hydroxylation sites is 1. The highest BCUT2D eigenvalue weighted by Crippen LogP contribution is 2.42. The number of nitriles is 1. The lowest BCUT2D eigenvalue weighted by atomic mass is 9.87. The van der Waals surface area contributed by atoms with E-state index < -0.39 is 11.5 Å². The van der Waals surface area contributed by atoms with E-state index in [-0.39, 0.29) is 17.2 Å². The van der Waals surface area contributed by atoms with Crippen molar-refractivity contribution in [1.29, 1.82) is 5.26 Å². The van der Waals surface area contributed by atoms with Crippen LogP contribution in [0.1, 0.15) is 22.9 Å². The van der Waals surface area contributed by atoms with Gasteiger partial charge in [-0.25, -0.2) is 9.48 Å². The first-order valence-electron chi connectivity index (χ1n) is 7.82. The molecule has 4 rings (SSSR count). The number of nitrogens with two attached hydrogens (primary N) is 1. The quantitative estimate of drug-likeness (QED) is 0.648. The first-order valence-corrected chi connectivity index (χ1v) is 7.82. The van der Waals surface area contributed by atoms with Gasteiger partial charge in [0, 0.05) is 0 Å². The fraction of sp³-hybridized carbons (Fsp3) is 0.176. The highest BCUT2D eigenvalue weighted by Gasteiger charge is 2.43. The third kappa shape index (κ3) is 2.12. The molecule has 0 radical (unpaired) electrons. The van der Waals surface area contributed by atoms with Gasteiger partial charge in [-0.1, -0.05) is 22.9 Å². The molecule has 1 aliphatic heterocycles. The van der Waals surface area contributed by atoms with Crippen molar-refractivity contribution in [3.8, 4) is 17.6 Å². The van der Waals surface area contributed by atoms with Gasteiger partial charge in [-0.3, -0.25) is 4.52 Å². The van der Waals surface area contributed by atoms with E-state index in [9.17, 15) is 10.1 Å². The second-order valence-corrected chi connectivity index (χ2v) is 5.90. The third-order valence-corrected chi connectivity index (χ3v) is 4.35. The summed E-state index contributed by atoms with van der Waals surface area (Å²) in [6.45, 7) is 1.79. The Morgan fingerprint density at radius 3 is 2.73 bits per heavy atom. The first kappa shape index (κ1) is 15.7. The van der Waals surface area contributed by atoms with Crippen LogP contribution in [0, 0.1) is 18.3 Å². The smallest absolute Gasteiger partial charge is 0.422 e. The van der Waals surface area contributed by atoms with Crippen LogP contribution in [0.5, 0.6) is 5.88 Å². The molecular weight excluding hydrogens is 336 g/mol. The third-order valence-electron chi connectivity index (χ3n) is 4.35. The summed E-state index contributed by atoms with van der Waals surface area (Å²) in [4.78, 5) is 12.2. The van der Waals surface area contributed by atoms with Gasteiger partial charge in [0.1, 0.15) is 17.6 Å². The lowest BCUT2D eigenvalue weighted by Crippen LogP contribution is -2.40. The van der Waals surface area contributed by atoms with Crippen LogP contribution >= 0.6 is 0 Å². The van der Waals surface area contributed by atoms with Crippen LogP contribution in [0.2, 0.25) is 0 Å². The number of fused-ring (bicyclic) bond motifs is 1. The molecule has 3 aromatic rings. The number of benzene rings is 1. The Morgan fingerprint density at radius 1 is 1.38 bits per heavy atom. The standard InChI is InChI=1S/C17H14N6O3/c1-9-12-13(14-17(24)26-21-22(14)2)11(8-18)15(19)25-16(12)23(20-9)10-6-4-3-5-7-10/h3-7,13H,19H2,1-2H3/p+1. The van der Waals surface area contributed by atoms with Crippen LogP contribution in [0.15, 0.2) is 51.1 Å². The summed E-state index contributed by atoms with van der Waals surface area (Å²) >= 11 is 0. The average molecular weight is 351 g/mol. The molecular formula is C17H15N6O3+. The molecule has 3 heterocycles. The van der Waals surface area contributed by atoms with Crippen molar-refractivity contribution in [3.63, 3.8) is 0 Å². The summed E-state index contributed by atoms with van der Waals surface area (Å²) < 4.78 is 13.6. The van der Waals surface area contributed by atoms with Crippen molar-refractivity contribution in [1.82, 2.24) is 15.1 Å². The SMILES string of the molecule is Cc1nn(-c2ccccc2)c2c1C(c1c(=O)o[nH][n+]1C)C(C#N)=C(N)O2. The lowest BCUT2D eigenvalue weighted by Gasteiger charge is -2.21. The van der Waals surface area contributed by atoms with Crippen LogP contribution in [-0.2, 0) is 7.05 Å². The number of nitrogens with zero attached hydrogens (tertiary/aromatic N) is 4. The molecule has 0 saturated carbocycles. The number of allylic oxidation sites excluding steroid dienone is 1. The zero-order valence-corrected chi connectivity index (χ0v) is 14.1. The van der Waals surface area contributed by atoms with Gasteiger partial charge >= 0.3 is 11.3 Å². The van der Waals surface area contributed by atoms with E-state index in [1.165, 1.54) is 4.68 Å². The summed E-state index contributed by atoms with van der Waals surface area (Å²) in [6.07, 6.45) is 0. The monoisotopic (exact) mass is 351 g/mol. The second-order valence-electron chi connectivity index (χ2n) is 5.90. The molecule has 1 unspecified atom stereocenters. The van der Waals surface area contributed by atoms with Gasteiger partial charge in [0.25, 0.3) is 0 Å². The van der Waals surface area contributed by atoms with Crippen molar-refractivity contribution < 1.29 is 13.9 Å². The van der Waals surface area contributed by atoms with E-state index in [1.807, 2.05) is 36.4 Å².